The molecule has 2 aliphatic heterocycles. The van der Waals surface area contributed by atoms with Gasteiger partial charge in [-0.25, -0.2) is 4.79 Å². The van der Waals surface area contributed by atoms with Crippen LogP contribution in [0.15, 0.2) is 10.7 Å². The molecule has 1 amide bonds. The minimum Gasteiger partial charge on any atom is -0.444 e. The van der Waals surface area contributed by atoms with Crippen molar-refractivity contribution in [3.63, 3.8) is 0 Å². The van der Waals surface area contributed by atoms with Crippen LogP contribution in [-0.2, 0) is 9.57 Å². The second-order valence-corrected chi connectivity index (χ2v) is 6.58. The monoisotopic (exact) mass is 318 g/mol. The number of carbonyl (C=O) groups is 1. The van der Waals surface area contributed by atoms with E-state index in [4.69, 9.17) is 9.57 Å². The SMILES string of the molecule is CC(C)(C)OC(=O)N1CCC2(C=C(Br)NO2)CC1. The van der Waals surface area contributed by atoms with E-state index < -0.39 is 5.60 Å². The van der Waals surface area contributed by atoms with Crippen LogP contribution in [-0.4, -0.2) is 35.3 Å². The van der Waals surface area contributed by atoms with Gasteiger partial charge >= 0.3 is 6.09 Å². The molecule has 102 valence electrons. The predicted molar refractivity (Wildman–Crippen MR) is 71.0 cm³/mol. The molecule has 0 aromatic carbocycles. The molecule has 2 rings (SSSR count). The highest BCUT2D eigenvalue weighted by Gasteiger charge is 2.40. The molecule has 0 aromatic heterocycles. The Kier molecular flexibility index (Phi) is 3.60. The maximum atomic E-state index is 11.9. The molecule has 2 aliphatic rings. The van der Waals surface area contributed by atoms with E-state index >= 15 is 0 Å². The third kappa shape index (κ3) is 3.17. The first kappa shape index (κ1) is 13.7. The summed E-state index contributed by atoms with van der Waals surface area (Å²) in [7, 11) is 0. The Morgan fingerprint density at radius 3 is 2.56 bits per heavy atom. The fraction of sp³-hybridized carbons (Fsp3) is 0.750. The van der Waals surface area contributed by atoms with Crippen LogP contribution < -0.4 is 5.48 Å². The lowest BCUT2D eigenvalue weighted by Crippen LogP contribution is -2.48. The summed E-state index contributed by atoms with van der Waals surface area (Å²) in [6, 6.07) is 0. The molecule has 0 saturated carbocycles. The van der Waals surface area contributed by atoms with Gasteiger partial charge < -0.3 is 9.64 Å². The Bertz CT molecular complexity index is 368. The number of halogens is 1. The number of carbonyl (C=O) groups excluding carboxylic acids is 1. The Hall–Kier alpha value is -0.750. The highest BCUT2D eigenvalue weighted by molar-refractivity contribution is 9.11. The summed E-state index contributed by atoms with van der Waals surface area (Å²) in [5, 5.41) is 0. The number of piperidine rings is 1. The number of hydroxylamine groups is 1. The van der Waals surface area contributed by atoms with E-state index in [0.717, 1.165) is 17.4 Å². The van der Waals surface area contributed by atoms with Crippen LogP contribution in [0.1, 0.15) is 33.6 Å². The molecule has 1 fully saturated rings. The average molecular weight is 319 g/mol. The lowest BCUT2D eigenvalue weighted by molar-refractivity contribution is -0.0732. The van der Waals surface area contributed by atoms with E-state index in [-0.39, 0.29) is 11.7 Å². The van der Waals surface area contributed by atoms with Gasteiger partial charge in [0.1, 0.15) is 15.8 Å². The molecule has 1 spiro atoms. The first-order chi connectivity index (χ1) is 8.30. The molecule has 0 aliphatic carbocycles. The first-order valence-electron chi connectivity index (χ1n) is 6.10. The number of nitrogens with zero attached hydrogens (tertiary/aromatic N) is 1. The molecule has 0 radical (unpaired) electrons. The van der Waals surface area contributed by atoms with Crippen LogP contribution in [0.4, 0.5) is 4.79 Å². The zero-order valence-corrected chi connectivity index (χ0v) is 12.5. The maximum Gasteiger partial charge on any atom is 0.410 e. The van der Waals surface area contributed by atoms with Gasteiger partial charge in [-0.15, -0.1) is 0 Å². The second-order valence-electron chi connectivity index (χ2n) is 5.73. The number of hydrogen-bond acceptors (Lipinski definition) is 4. The van der Waals surface area contributed by atoms with E-state index in [1.54, 1.807) is 4.90 Å². The minimum atomic E-state index is -0.444. The molecule has 0 unspecified atom stereocenters. The fourth-order valence-electron chi connectivity index (χ4n) is 2.08. The zero-order chi connectivity index (χ0) is 13.4. The van der Waals surface area contributed by atoms with Crippen LogP contribution >= 0.6 is 15.9 Å². The largest absolute Gasteiger partial charge is 0.444 e. The lowest BCUT2D eigenvalue weighted by Gasteiger charge is -2.37. The van der Waals surface area contributed by atoms with Crippen LogP contribution in [0.2, 0.25) is 0 Å². The minimum absolute atomic E-state index is 0.244. The number of hydrogen-bond donors (Lipinski definition) is 1. The van der Waals surface area contributed by atoms with Crippen LogP contribution in [0, 0.1) is 0 Å². The summed E-state index contributed by atoms with van der Waals surface area (Å²) >= 11 is 3.35. The van der Waals surface area contributed by atoms with Gasteiger partial charge in [-0.2, -0.15) is 0 Å². The molecule has 0 bridgehead atoms. The third-order valence-electron chi connectivity index (χ3n) is 3.00. The summed E-state index contributed by atoms with van der Waals surface area (Å²) in [6.07, 6.45) is 3.33. The Morgan fingerprint density at radius 2 is 2.11 bits per heavy atom. The highest BCUT2D eigenvalue weighted by atomic mass is 79.9. The van der Waals surface area contributed by atoms with Crippen molar-refractivity contribution in [1.29, 1.82) is 0 Å². The molecule has 5 nitrogen and oxygen atoms in total. The smallest absolute Gasteiger partial charge is 0.410 e. The van der Waals surface area contributed by atoms with Gasteiger partial charge in [0.05, 0.1) is 0 Å². The second kappa shape index (κ2) is 4.74. The van der Waals surface area contributed by atoms with Crippen molar-refractivity contribution in [2.24, 2.45) is 0 Å². The molecule has 18 heavy (non-hydrogen) atoms. The number of likely N-dealkylation sites (tertiary alicyclic amines) is 1. The zero-order valence-electron chi connectivity index (χ0n) is 11.0. The van der Waals surface area contributed by atoms with Gasteiger partial charge in [-0.1, -0.05) is 0 Å². The lowest BCUT2D eigenvalue weighted by atomic mass is 9.92. The van der Waals surface area contributed by atoms with Crippen LogP contribution in [0.3, 0.4) is 0 Å². The molecule has 0 atom stereocenters. The molecule has 6 heteroatoms. The summed E-state index contributed by atoms with van der Waals surface area (Å²) in [5.41, 5.74) is 2.08. The van der Waals surface area contributed by atoms with Crippen molar-refractivity contribution in [3.8, 4) is 0 Å². The van der Waals surface area contributed by atoms with Gasteiger partial charge in [-0.05, 0) is 42.8 Å². The summed E-state index contributed by atoms with van der Waals surface area (Å²) in [5.74, 6) is 0. The summed E-state index contributed by atoms with van der Waals surface area (Å²) < 4.78 is 6.21. The highest BCUT2D eigenvalue weighted by Crippen LogP contribution is 2.33. The van der Waals surface area contributed by atoms with E-state index in [1.165, 1.54) is 0 Å². The van der Waals surface area contributed by atoms with E-state index in [2.05, 4.69) is 21.4 Å². The normalized spacial score (nSPS) is 22.7. The standard InChI is InChI=1S/C12H19BrN2O3/c1-11(2,3)17-10(16)15-6-4-12(5-7-15)8-9(13)14-18-12/h8,14H,4-7H2,1-3H3. The molecule has 0 aromatic rings. The number of nitrogens with one attached hydrogen (secondary N) is 1. The van der Waals surface area contributed by atoms with Gasteiger partial charge in [0.2, 0.25) is 0 Å². The third-order valence-corrected chi connectivity index (χ3v) is 3.39. The Balaban J connectivity index is 1.89. The summed E-state index contributed by atoms with van der Waals surface area (Å²) in [4.78, 5) is 19.2. The molecule has 1 N–H and O–H groups in total. The molecular formula is C12H19BrN2O3. The van der Waals surface area contributed by atoms with Crippen molar-refractivity contribution in [2.45, 2.75) is 44.8 Å². The number of rotatable bonds is 0. The molecular weight excluding hydrogens is 300 g/mol. The van der Waals surface area contributed by atoms with Crippen molar-refractivity contribution >= 4 is 22.0 Å². The Morgan fingerprint density at radius 1 is 1.50 bits per heavy atom. The molecule has 2 heterocycles. The number of ether oxygens (including phenoxy) is 1. The van der Waals surface area contributed by atoms with Gasteiger partial charge in [0.15, 0.2) is 0 Å². The van der Waals surface area contributed by atoms with Crippen LogP contribution in [0.5, 0.6) is 0 Å². The van der Waals surface area contributed by atoms with E-state index in [9.17, 15) is 4.79 Å². The van der Waals surface area contributed by atoms with Crippen LogP contribution in [0.25, 0.3) is 0 Å². The topological polar surface area (TPSA) is 50.8 Å². The first-order valence-corrected chi connectivity index (χ1v) is 6.89. The average Bonchev–Trinajstić information content (AvgIpc) is 2.58. The van der Waals surface area contributed by atoms with Gasteiger partial charge in [-0.3, -0.25) is 10.3 Å². The van der Waals surface area contributed by atoms with E-state index in [0.29, 0.717) is 13.1 Å². The Labute approximate surface area is 116 Å². The van der Waals surface area contributed by atoms with Crippen molar-refractivity contribution in [1.82, 2.24) is 10.4 Å². The van der Waals surface area contributed by atoms with E-state index in [1.807, 2.05) is 26.8 Å². The quantitative estimate of drug-likeness (QED) is 0.697. The predicted octanol–water partition coefficient (Wildman–Crippen LogP) is 2.53. The van der Waals surface area contributed by atoms with Gasteiger partial charge in [0, 0.05) is 25.9 Å². The van der Waals surface area contributed by atoms with Gasteiger partial charge in [0.25, 0.3) is 0 Å². The fourth-order valence-corrected chi connectivity index (χ4v) is 2.58. The van der Waals surface area contributed by atoms with Crippen molar-refractivity contribution in [3.05, 3.63) is 10.7 Å². The summed E-state index contributed by atoms with van der Waals surface area (Å²) in [6.45, 7) is 6.92. The van der Waals surface area contributed by atoms with Crippen molar-refractivity contribution < 1.29 is 14.4 Å². The number of amides is 1. The maximum absolute atomic E-state index is 11.9. The molecule has 1 saturated heterocycles. The van der Waals surface area contributed by atoms with Crippen molar-refractivity contribution in [2.75, 3.05) is 13.1 Å².